The molecule has 1 amide bonds. The lowest BCUT2D eigenvalue weighted by molar-refractivity contribution is -0.137. The first-order valence-electron chi connectivity index (χ1n) is 12.7. The number of hydrogen-bond acceptors (Lipinski definition) is 5. The predicted octanol–water partition coefficient (Wildman–Crippen LogP) is 5.43. The number of carbonyl (C=O) groups is 2. The molecule has 0 saturated heterocycles. The van der Waals surface area contributed by atoms with E-state index in [1.54, 1.807) is 44.2 Å². The summed E-state index contributed by atoms with van der Waals surface area (Å²) in [5.41, 5.74) is 4.28. The monoisotopic (exact) mass is 576 g/mol. The summed E-state index contributed by atoms with van der Waals surface area (Å²) in [6, 6.07) is 16.2. The van der Waals surface area contributed by atoms with Gasteiger partial charge in [0, 0.05) is 30.1 Å². The molecule has 0 aliphatic carbocycles. The van der Waals surface area contributed by atoms with Crippen LogP contribution in [0.1, 0.15) is 53.7 Å². The van der Waals surface area contributed by atoms with Crippen molar-refractivity contribution in [3.8, 4) is 5.75 Å². The lowest BCUT2D eigenvalue weighted by Gasteiger charge is -2.25. The van der Waals surface area contributed by atoms with Crippen LogP contribution >= 0.6 is 0 Å². The highest BCUT2D eigenvalue weighted by atomic mass is 32.2. The molecule has 0 bridgehead atoms. The van der Waals surface area contributed by atoms with Crippen LogP contribution in [0.25, 0.3) is 0 Å². The molecule has 0 spiro atoms. The maximum absolute atomic E-state index is 13.6. The van der Waals surface area contributed by atoms with E-state index in [4.69, 9.17) is 10.5 Å². The first-order valence-corrected chi connectivity index (χ1v) is 14.1. The summed E-state index contributed by atoms with van der Waals surface area (Å²) < 4.78 is 74.7. The molecule has 0 aromatic heterocycles. The van der Waals surface area contributed by atoms with Gasteiger partial charge >= 0.3 is 6.18 Å². The van der Waals surface area contributed by atoms with Crippen LogP contribution in [0.2, 0.25) is 0 Å². The normalized spacial score (nSPS) is 12.8. The van der Waals surface area contributed by atoms with E-state index < -0.39 is 45.9 Å². The number of hydrogen-bond donors (Lipinski definition) is 1. The Hall–Kier alpha value is -3.70. The van der Waals surface area contributed by atoms with Gasteiger partial charge in [0.25, 0.3) is 0 Å². The van der Waals surface area contributed by atoms with Gasteiger partial charge in [0.15, 0.2) is 5.78 Å². The second-order valence-corrected chi connectivity index (χ2v) is 11.0. The second-order valence-electron chi connectivity index (χ2n) is 9.11. The van der Waals surface area contributed by atoms with Crippen molar-refractivity contribution in [1.82, 2.24) is 4.31 Å². The number of nitrogens with zero attached hydrogens (tertiary/aromatic N) is 1. The van der Waals surface area contributed by atoms with Crippen LogP contribution in [0.15, 0.2) is 77.7 Å². The molecule has 0 aliphatic heterocycles. The van der Waals surface area contributed by atoms with Crippen LogP contribution in [0, 0.1) is 5.92 Å². The summed E-state index contributed by atoms with van der Waals surface area (Å²) in [5, 5.41) is 0. The van der Waals surface area contributed by atoms with Crippen molar-refractivity contribution >= 4 is 21.7 Å². The van der Waals surface area contributed by atoms with Crippen LogP contribution < -0.4 is 10.5 Å². The molecule has 214 valence electrons. The van der Waals surface area contributed by atoms with Crippen LogP contribution in [0.3, 0.4) is 0 Å². The number of primary amides is 1. The molecular formula is C29H31F3N2O5S. The molecule has 3 aromatic rings. The summed E-state index contributed by atoms with van der Waals surface area (Å²) >= 11 is 0. The number of amides is 1. The van der Waals surface area contributed by atoms with Crippen molar-refractivity contribution in [3.63, 3.8) is 0 Å². The fourth-order valence-corrected chi connectivity index (χ4v) is 5.67. The molecular weight excluding hydrogens is 545 g/mol. The van der Waals surface area contributed by atoms with E-state index in [1.807, 2.05) is 0 Å². The van der Waals surface area contributed by atoms with Gasteiger partial charge in [0.2, 0.25) is 15.9 Å². The molecule has 2 N–H and O–H groups in total. The zero-order valence-corrected chi connectivity index (χ0v) is 23.0. The van der Waals surface area contributed by atoms with Gasteiger partial charge in [-0.25, -0.2) is 8.42 Å². The summed E-state index contributed by atoms with van der Waals surface area (Å²) in [4.78, 5) is 25.3. The van der Waals surface area contributed by atoms with E-state index >= 15 is 0 Å². The Morgan fingerprint density at radius 1 is 0.975 bits per heavy atom. The average Bonchev–Trinajstić information content (AvgIpc) is 2.92. The van der Waals surface area contributed by atoms with E-state index in [0.717, 1.165) is 22.5 Å². The summed E-state index contributed by atoms with van der Waals surface area (Å²) in [5.74, 6) is -1.54. The lowest BCUT2D eigenvalue weighted by atomic mass is 9.95. The Balaban J connectivity index is 2.11. The van der Waals surface area contributed by atoms with Gasteiger partial charge in [-0.15, -0.1) is 0 Å². The third kappa shape index (κ3) is 7.48. The van der Waals surface area contributed by atoms with Gasteiger partial charge in [-0.05, 0) is 61.7 Å². The molecule has 11 heteroatoms. The lowest BCUT2D eigenvalue weighted by Crippen LogP contribution is -2.35. The molecule has 1 unspecified atom stereocenters. The van der Waals surface area contributed by atoms with Crippen LogP contribution in [-0.4, -0.2) is 37.6 Å². The molecule has 1 atom stereocenters. The maximum atomic E-state index is 13.6. The zero-order chi connectivity index (χ0) is 29.5. The number of halogens is 3. The van der Waals surface area contributed by atoms with Crippen LogP contribution in [-0.2, 0) is 27.5 Å². The van der Waals surface area contributed by atoms with Crippen molar-refractivity contribution in [1.29, 1.82) is 0 Å². The molecule has 0 radical (unpaired) electrons. The van der Waals surface area contributed by atoms with E-state index in [-0.39, 0.29) is 34.6 Å². The highest BCUT2D eigenvalue weighted by Crippen LogP contribution is 2.32. The molecule has 0 aliphatic rings. The molecule has 0 heterocycles. The van der Waals surface area contributed by atoms with Crippen LogP contribution in [0.5, 0.6) is 5.75 Å². The minimum absolute atomic E-state index is 0.0358. The van der Waals surface area contributed by atoms with E-state index in [1.165, 1.54) is 24.3 Å². The van der Waals surface area contributed by atoms with E-state index in [0.29, 0.717) is 18.8 Å². The van der Waals surface area contributed by atoms with Gasteiger partial charge < -0.3 is 10.5 Å². The summed E-state index contributed by atoms with van der Waals surface area (Å²) in [6.07, 6.45) is -4.25. The number of benzene rings is 3. The van der Waals surface area contributed by atoms with Gasteiger partial charge in [-0.2, -0.15) is 17.5 Å². The highest BCUT2D eigenvalue weighted by Gasteiger charge is 2.33. The topological polar surface area (TPSA) is 107 Å². The minimum Gasteiger partial charge on any atom is -0.494 e. The Morgan fingerprint density at radius 2 is 1.68 bits per heavy atom. The Morgan fingerprint density at radius 3 is 2.27 bits per heavy atom. The number of nitrogens with two attached hydrogens (primary N) is 1. The standard InChI is InChI=1S/C29H31F3N2O5S/c1-3-20(28(33)36)15-16-34(40(37,38)25-11-6-5-7-12-25)19-22-13-14-23(29(30,31)32)18-26(22)27(35)21-9-8-10-24(17-21)39-4-2/h5-14,17-18,20H,3-4,15-16,19H2,1-2H3,(H2,33,36). The molecule has 3 rings (SSSR count). The van der Waals surface area contributed by atoms with Crippen molar-refractivity contribution in [3.05, 3.63) is 95.1 Å². The van der Waals surface area contributed by atoms with Gasteiger partial charge in [-0.3, -0.25) is 9.59 Å². The highest BCUT2D eigenvalue weighted by molar-refractivity contribution is 7.89. The van der Waals surface area contributed by atoms with Gasteiger partial charge in [0.05, 0.1) is 17.1 Å². The number of rotatable bonds is 13. The fourth-order valence-electron chi connectivity index (χ4n) is 4.21. The second kappa shape index (κ2) is 13.1. The summed E-state index contributed by atoms with van der Waals surface area (Å²) in [7, 11) is -4.16. The molecule has 7 nitrogen and oxygen atoms in total. The number of ether oxygens (including phenoxy) is 1. The maximum Gasteiger partial charge on any atom is 0.416 e. The average molecular weight is 577 g/mol. The van der Waals surface area contributed by atoms with E-state index in [2.05, 4.69) is 0 Å². The van der Waals surface area contributed by atoms with Gasteiger partial charge in [0.1, 0.15) is 5.75 Å². The van der Waals surface area contributed by atoms with Gasteiger partial charge in [-0.1, -0.05) is 43.3 Å². The number of carbonyl (C=O) groups excluding carboxylic acids is 2. The predicted molar refractivity (Wildman–Crippen MR) is 144 cm³/mol. The number of sulfonamides is 1. The van der Waals surface area contributed by atoms with Crippen molar-refractivity contribution in [2.45, 2.75) is 44.3 Å². The smallest absolute Gasteiger partial charge is 0.416 e. The summed E-state index contributed by atoms with van der Waals surface area (Å²) in [6.45, 7) is 3.27. The van der Waals surface area contributed by atoms with Crippen LogP contribution in [0.4, 0.5) is 13.2 Å². The Labute approximate surface area is 231 Å². The SMILES string of the molecule is CCOc1cccc(C(=O)c2cc(C(F)(F)F)ccc2CN(CCC(CC)C(N)=O)S(=O)(=O)c2ccccc2)c1. The van der Waals surface area contributed by atoms with Crippen molar-refractivity contribution in [2.24, 2.45) is 11.7 Å². The fraction of sp³-hybridized carbons (Fsp3) is 0.310. The Bertz CT molecular complexity index is 1440. The minimum atomic E-state index is -4.73. The molecule has 40 heavy (non-hydrogen) atoms. The Kier molecular flexibility index (Phi) is 10.1. The molecule has 0 fully saturated rings. The van der Waals surface area contributed by atoms with Crippen molar-refractivity contribution in [2.75, 3.05) is 13.2 Å². The van der Waals surface area contributed by atoms with E-state index in [9.17, 15) is 31.2 Å². The largest absolute Gasteiger partial charge is 0.494 e. The molecule has 0 saturated carbocycles. The quantitative estimate of drug-likeness (QED) is 0.273. The number of ketones is 1. The zero-order valence-electron chi connectivity index (χ0n) is 22.1. The first-order chi connectivity index (χ1) is 18.9. The third-order valence-corrected chi connectivity index (χ3v) is 8.30. The molecule has 3 aromatic carbocycles. The first kappa shape index (κ1) is 30.8. The van der Waals surface area contributed by atoms with Crippen molar-refractivity contribution < 1.29 is 35.9 Å². The number of alkyl halides is 3. The third-order valence-electron chi connectivity index (χ3n) is 6.44.